The highest BCUT2D eigenvalue weighted by atomic mass is 31.2. The van der Waals surface area contributed by atoms with Crippen LogP contribution >= 0.6 is 7.60 Å². The molecule has 0 heterocycles. The van der Waals surface area contributed by atoms with Gasteiger partial charge in [0.05, 0.1) is 12.1 Å². The maximum Gasteiger partial charge on any atom is 0.325 e. The lowest BCUT2D eigenvalue weighted by molar-refractivity contribution is -0.142. The minimum absolute atomic E-state index is 0.0491. The monoisotopic (exact) mass is 268 g/mol. The smallest absolute Gasteiger partial charge is 0.325 e. The van der Waals surface area contributed by atoms with Crippen molar-refractivity contribution in [3.8, 4) is 0 Å². The predicted molar refractivity (Wildman–Crippen MR) is 68.1 cm³/mol. The minimum atomic E-state index is -4.05. The SMILES string of the molecule is CCCC.CCCC(CCP(=O)(O)O)C(=O)O. The van der Waals surface area contributed by atoms with Crippen LogP contribution in [0.2, 0.25) is 0 Å². The van der Waals surface area contributed by atoms with E-state index in [0.29, 0.717) is 12.8 Å². The Morgan fingerprint density at radius 3 is 1.76 bits per heavy atom. The van der Waals surface area contributed by atoms with Gasteiger partial charge in [-0.2, -0.15) is 0 Å². The second kappa shape index (κ2) is 10.8. The van der Waals surface area contributed by atoms with Gasteiger partial charge in [-0.25, -0.2) is 0 Å². The topological polar surface area (TPSA) is 94.8 Å². The molecule has 0 rings (SSSR count). The first-order valence-electron chi connectivity index (χ1n) is 6.05. The van der Waals surface area contributed by atoms with Crippen molar-refractivity contribution in [1.29, 1.82) is 0 Å². The van der Waals surface area contributed by atoms with E-state index in [4.69, 9.17) is 14.9 Å². The largest absolute Gasteiger partial charge is 0.481 e. The Labute approximate surface area is 103 Å². The fraction of sp³-hybridized carbons (Fsp3) is 0.909. The van der Waals surface area contributed by atoms with Crippen molar-refractivity contribution in [2.24, 2.45) is 5.92 Å². The van der Waals surface area contributed by atoms with Crippen LogP contribution in [0.25, 0.3) is 0 Å². The first-order valence-corrected chi connectivity index (χ1v) is 7.85. The molecule has 0 saturated carbocycles. The first-order chi connectivity index (χ1) is 7.78. The molecule has 17 heavy (non-hydrogen) atoms. The van der Waals surface area contributed by atoms with E-state index in [-0.39, 0.29) is 12.6 Å². The van der Waals surface area contributed by atoms with Crippen molar-refractivity contribution in [1.82, 2.24) is 0 Å². The van der Waals surface area contributed by atoms with Crippen molar-refractivity contribution in [3.05, 3.63) is 0 Å². The highest BCUT2D eigenvalue weighted by Gasteiger charge is 2.21. The number of rotatable bonds is 7. The van der Waals surface area contributed by atoms with E-state index in [1.807, 2.05) is 6.92 Å². The van der Waals surface area contributed by atoms with Crippen LogP contribution in [-0.2, 0) is 9.36 Å². The van der Waals surface area contributed by atoms with Crippen LogP contribution in [0.5, 0.6) is 0 Å². The predicted octanol–water partition coefficient (Wildman–Crippen LogP) is 2.86. The summed E-state index contributed by atoms with van der Waals surface area (Å²) in [5.41, 5.74) is 0. The molecule has 0 aromatic rings. The summed E-state index contributed by atoms with van der Waals surface area (Å²) >= 11 is 0. The molecule has 5 nitrogen and oxygen atoms in total. The van der Waals surface area contributed by atoms with Gasteiger partial charge in [0.25, 0.3) is 0 Å². The third-order valence-electron chi connectivity index (χ3n) is 2.26. The summed E-state index contributed by atoms with van der Waals surface area (Å²) in [7, 11) is -4.05. The van der Waals surface area contributed by atoms with Crippen molar-refractivity contribution >= 4 is 13.6 Å². The maximum absolute atomic E-state index is 10.6. The molecule has 0 aromatic carbocycles. The Kier molecular flexibility index (Phi) is 12.0. The minimum Gasteiger partial charge on any atom is -0.481 e. The highest BCUT2D eigenvalue weighted by Crippen LogP contribution is 2.36. The maximum atomic E-state index is 10.6. The summed E-state index contributed by atoms with van der Waals surface area (Å²) in [6, 6.07) is 0. The van der Waals surface area contributed by atoms with Gasteiger partial charge in [-0.1, -0.05) is 40.0 Å². The molecule has 0 amide bonds. The molecule has 0 saturated heterocycles. The van der Waals surface area contributed by atoms with Gasteiger partial charge in [-0.3, -0.25) is 9.36 Å². The van der Waals surface area contributed by atoms with E-state index in [1.54, 1.807) is 0 Å². The first kappa shape index (κ1) is 19.0. The van der Waals surface area contributed by atoms with E-state index in [1.165, 1.54) is 12.8 Å². The Balaban J connectivity index is 0. The standard InChI is InChI=1S/C7H15O5P.C4H10/c1-2-3-6(7(8)9)4-5-13(10,11)12;1-3-4-2/h6H,2-5H2,1H3,(H,8,9)(H2,10,11,12);3-4H2,1-2H3. The van der Waals surface area contributed by atoms with Crippen molar-refractivity contribution in [3.63, 3.8) is 0 Å². The van der Waals surface area contributed by atoms with Crippen LogP contribution in [0.15, 0.2) is 0 Å². The highest BCUT2D eigenvalue weighted by molar-refractivity contribution is 7.51. The van der Waals surface area contributed by atoms with Gasteiger partial charge in [0.1, 0.15) is 0 Å². The van der Waals surface area contributed by atoms with Gasteiger partial charge in [-0.05, 0) is 12.8 Å². The zero-order chi connectivity index (χ0) is 13.9. The summed E-state index contributed by atoms with van der Waals surface area (Å²) in [5.74, 6) is -1.60. The molecule has 0 aromatic heterocycles. The van der Waals surface area contributed by atoms with Gasteiger partial charge >= 0.3 is 13.6 Å². The molecule has 0 aliphatic carbocycles. The molecule has 0 aliphatic heterocycles. The number of carbonyl (C=O) groups is 1. The van der Waals surface area contributed by atoms with E-state index < -0.39 is 19.5 Å². The second-order valence-electron chi connectivity index (χ2n) is 4.00. The number of aliphatic carboxylic acids is 1. The molecule has 104 valence electrons. The van der Waals surface area contributed by atoms with Crippen LogP contribution in [0, 0.1) is 5.92 Å². The zero-order valence-electron chi connectivity index (χ0n) is 10.9. The lowest BCUT2D eigenvalue weighted by Crippen LogP contribution is -2.14. The molecule has 0 aliphatic rings. The van der Waals surface area contributed by atoms with E-state index >= 15 is 0 Å². The molecule has 1 unspecified atom stereocenters. The van der Waals surface area contributed by atoms with Crippen molar-refractivity contribution in [2.75, 3.05) is 6.16 Å². The second-order valence-corrected chi connectivity index (χ2v) is 5.78. The fourth-order valence-electron chi connectivity index (χ4n) is 1.06. The average molecular weight is 268 g/mol. The molecule has 0 spiro atoms. The summed E-state index contributed by atoms with van der Waals surface area (Å²) in [5, 5.41) is 8.65. The van der Waals surface area contributed by atoms with Gasteiger partial charge in [0.2, 0.25) is 0 Å². The van der Waals surface area contributed by atoms with Crippen molar-refractivity contribution < 1.29 is 24.3 Å². The number of hydrogen-bond acceptors (Lipinski definition) is 2. The summed E-state index contributed by atoms with van der Waals surface area (Å²) in [4.78, 5) is 27.6. The fourth-order valence-corrected chi connectivity index (χ4v) is 1.71. The number of unbranched alkanes of at least 4 members (excludes halogenated alkanes) is 1. The third-order valence-corrected chi connectivity index (χ3v) is 3.10. The van der Waals surface area contributed by atoms with E-state index in [0.717, 1.165) is 0 Å². The van der Waals surface area contributed by atoms with Crippen molar-refractivity contribution in [2.45, 2.75) is 52.9 Å². The van der Waals surface area contributed by atoms with Crippen LogP contribution in [0.4, 0.5) is 0 Å². The number of hydrogen-bond donors (Lipinski definition) is 3. The van der Waals surface area contributed by atoms with Gasteiger partial charge in [-0.15, -0.1) is 0 Å². The third kappa shape index (κ3) is 15.6. The van der Waals surface area contributed by atoms with Crippen LogP contribution in [0.1, 0.15) is 52.9 Å². The number of carboxylic acid groups (broad SMARTS) is 1. The Morgan fingerprint density at radius 1 is 1.06 bits per heavy atom. The van der Waals surface area contributed by atoms with Crippen LogP contribution in [0.3, 0.4) is 0 Å². The van der Waals surface area contributed by atoms with Gasteiger partial charge in [0.15, 0.2) is 0 Å². The molecular weight excluding hydrogens is 243 g/mol. The number of carboxylic acids is 1. The quantitative estimate of drug-likeness (QED) is 0.617. The summed E-state index contributed by atoms with van der Waals surface area (Å²) in [6.07, 6.45) is 3.52. The van der Waals surface area contributed by atoms with E-state index in [2.05, 4.69) is 13.8 Å². The molecule has 0 fully saturated rings. The Bertz CT molecular complexity index is 234. The Hall–Kier alpha value is -0.380. The normalized spacial score (nSPS) is 12.5. The molecule has 6 heteroatoms. The van der Waals surface area contributed by atoms with Gasteiger partial charge in [0, 0.05) is 0 Å². The van der Waals surface area contributed by atoms with Crippen LogP contribution in [-0.4, -0.2) is 27.0 Å². The molecule has 1 atom stereocenters. The lowest BCUT2D eigenvalue weighted by atomic mass is 10.0. The molecule has 0 bridgehead atoms. The molecular formula is C11H25O5P. The Morgan fingerprint density at radius 2 is 1.53 bits per heavy atom. The van der Waals surface area contributed by atoms with Crippen LogP contribution < -0.4 is 0 Å². The van der Waals surface area contributed by atoms with E-state index in [9.17, 15) is 9.36 Å². The van der Waals surface area contributed by atoms with Gasteiger partial charge < -0.3 is 14.9 Å². The molecule has 3 N–H and O–H groups in total. The molecule has 0 radical (unpaired) electrons. The summed E-state index contributed by atoms with van der Waals surface area (Å²) < 4.78 is 10.5. The average Bonchev–Trinajstić information content (AvgIpc) is 2.22. The lowest BCUT2D eigenvalue weighted by Gasteiger charge is -2.10. The zero-order valence-corrected chi connectivity index (χ0v) is 11.8. The summed E-state index contributed by atoms with van der Waals surface area (Å²) in [6.45, 7) is 6.20.